The van der Waals surface area contributed by atoms with Gasteiger partial charge in [0.1, 0.15) is 10.6 Å². The van der Waals surface area contributed by atoms with Crippen molar-refractivity contribution in [2.24, 2.45) is 5.73 Å². The summed E-state index contributed by atoms with van der Waals surface area (Å²) in [6.45, 7) is 6.11. The summed E-state index contributed by atoms with van der Waals surface area (Å²) < 4.78 is 0. The smallest absolute Gasteiger partial charge is 0.269 e. The number of thiophene rings is 1. The Labute approximate surface area is 172 Å². The number of hydrogen-bond acceptors (Lipinski definition) is 8. The van der Waals surface area contributed by atoms with Crippen molar-refractivity contribution in [3.63, 3.8) is 0 Å². The third kappa shape index (κ3) is 3.78. The van der Waals surface area contributed by atoms with E-state index >= 15 is 0 Å². The summed E-state index contributed by atoms with van der Waals surface area (Å²) in [6, 6.07) is 5.53. The van der Waals surface area contributed by atoms with Gasteiger partial charge in [-0.3, -0.25) is 19.4 Å². The van der Waals surface area contributed by atoms with E-state index in [1.807, 2.05) is 19.1 Å². The van der Waals surface area contributed by atoms with Gasteiger partial charge in [-0.2, -0.15) is 0 Å². The topological polar surface area (TPSA) is 115 Å². The molecule has 4 N–H and O–H groups in total. The number of rotatable bonds is 4. The van der Waals surface area contributed by atoms with E-state index in [0.29, 0.717) is 10.6 Å². The molecule has 0 aliphatic carbocycles. The van der Waals surface area contributed by atoms with Crippen molar-refractivity contribution in [1.29, 1.82) is 0 Å². The van der Waals surface area contributed by atoms with Crippen molar-refractivity contribution >= 4 is 34.5 Å². The lowest BCUT2D eigenvalue weighted by Gasteiger charge is -2.36. The average Bonchev–Trinajstić information content (AvgIpc) is 3.09. The zero-order chi connectivity index (χ0) is 20.7. The van der Waals surface area contributed by atoms with Gasteiger partial charge in [-0.25, -0.2) is 4.98 Å². The number of nitrogens with one attached hydrogen (secondary N) is 1. The van der Waals surface area contributed by atoms with Gasteiger partial charge in [0.15, 0.2) is 0 Å². The summed E-state index contributed by atoms with van der Waals surface area (Å²) in [4.78, 5) is 35.5. The lowest BCUT2D eigenvalue weighted by atomic mass is 10.2. The van der Waals surface area contributed by atoms with Crippen LogP contribution < -0.4 is 16.0 Å². The third-order valence-corrected chi connectivity index (χ3v) is 6.46. The molecular weight excluding hydrogens is 392 g/mol. The number of anilines is 2. The molecule has 4 heterocycles. The Kier molecular flexibility index (Phi) is 5.15. The van der Waals surface area contributed by atoms with Crippen molar-refractivity contribution < 1.29 is 14.7 Å². The molecule has 0 radical (unpaired) electrons. The van der Waals surface area contributed by atoms with Crippen LogP contribution >= 0.6 is 11.3 Å². The Hall–Kier alpha value is -2.69. The normalized spacial score (nSPS) is 19.8. The quantitative estimate of drug-likeness (QED) is 0.670. The zero-order valence-corrected chi connectivity index (χ0v) is 17.2. The number of amides is 2. The minimum Gasteiger partial charge on any atom is -0.368 e. The van der Waals surface area contributed by atoms with E-state index < -0.39 is 12.3 Å². The molecule has 0 saturated carbocycles. The zero-order valence-electron chi connectivity index (χ0n) is 16.4. The highest BCUT2D eigenvalue weighted by atomic mass is 32.1. The Balaban J connectivity index is 1.39. The fraction of sp³-hybridized carbons (Fsp3) is 0.421. The molecule has 2 aliphatic rings. The number of nitrogens with two attached hydrogens (primary N) is 1. The Morgan fingerprint density at radius 3 is 2.72 bits per heavy atom. The van der Waals surface area contributed by atoms with Gasteiger partial charge in [0.05, 0.1) is 17.1 Å². The van der Waals surface area contributed by atoms with Gasteiger partial charge in [-0.05, 0) is 25.1 Å². The van der Waals surface area contributed by atoms with E-state index in [4.69, 9.17) is 5.73 Å². The SMILES string of the molecule is Cc1nc(C(N)=O)ccc1N1CCN(Cc2cc3c(s2)C(=O)N(C)C(O)N3)CC1. The van der Waals surface area contributed by atoms with Gasteiger partial charge in [-0.15, -0.1) is 11.3 Å². The second kappa shape index (κ2) is 7.62. The van der Waals surface area contributed by atoms with Crippen molar-refractivity contribution in [1.82, 2.24) is 14.8 Å². The minimum absolute atomic E-state index is 0.158. The first-order chi connectivity index (χ1) is 13.8. The lowest BCUT2D eigenvalue weighted by Crippen LogP contribution is -2.46. The second-order valence-corrected chi connectivity index (χ2v) is 8.45. The van der Waals surface area contributed by atoms with Gasteiger partial charge in [0.2, 0.25) is 6.35 Å². The molecule has 4 rings (SSSR count). The number of primary amides is 1. The van der Waals surface area contributed by atoms with Crippen molar-refractivity contribution in [2.45, 2.75) is 19.8 Å². The van der Waals surface area contributed by atoms with Gasteiger partial charge >= 0.3 is 0 Å². The second-order valence-electron chi connectivity index (χ2n) is 7.32. The highest BCUT2D eigenvalue weighted by Crippen LogP contribution is 2.33. The van der Waals surface area contributed by atoms with Crippen LogP contribution in [0.1, 0.15) is 30.7 Å². The van der Waals surface area contributed by atoms with Crippen LogP contribution in [0.5, 0.6) is 0 Å². The van der Waals surface area contributed by atoms with E-state index in [1.54, 1.807) is 13.1 Å². The van der Waals surface area contributed by atoms with E-state index in [0.717, 1.165) is 49.0 Å². The first-order valence-electron chi connectivity index (χ1n) is 9.42. The van der Waals surface area contributed by atoms with E-state index in [9.17, 15) is 14.7 Å². The maximum Gasteiger partial charge on any atom is 0.269 e. The number of aliphatic hydroxyl groups excluding tert-OH is 1. The van der Waals surface area contributed by atoms with Crippen LogP contribution in [0.25, 0.3) is 0 Å². The van der Waals surface area contributed by atoms with Crippen LogP contribution in [0.15, 0.2) is 18.2 Å². The van der Waals surface area contributed by atoms with E-state index in [2.05, 4.69) is 20.1 Å². The first-order valence-corrected chi connectivity index (χ1v) is 10.2. The number of carbonyl (C=O) groups is 2. The molecule has 154 valence electrons. The van der Waals surface area contributed by atoms with Crippen LogP contribution in [0.2, 0.25) is 0 Å². The lowest BCUT2D eigenvalue weighted by molar-refractivity contribution is 0.0308. The maximum absolute atomic E-state index is 12.3. The van der Waals surface area contributed by atoms with Crippen LogP contribution in [-0.4, -0.2) is 71.3 Å². The molecule has 1 atom stereocenters. The first kappa shape index (κ1) is 19.6. The third-order valence-electron chi connectivity index (χ3n) is 5.35. The summed E-state index contributed by atoms with van der Waals surface area (Å²) >= 11 is 1.47. The van der Waals surface area contributed by atoms with Crippen LogP contribution in [-0.2, 0) is 6.54 Å². The molecule has 10 heteroatoms. The standard InChI is InChI=1S/C19H24N6O3S/c1-11-15(4-3-13(21-11)17(20)26)25-7-5-24(6-8-25)10-12-9-14-16(29-12)18(27)23(2)19(28)22-14/h3-4,9,19,22,28H,5-8,10H2,1-2H3,(H2,20,26). The Morgan fingerprint density at radius 1 is 1.34 bits per heavy atom. The monoisotopic (exact) mass is 416 g/mol. The molecule has 29 heavy (non-hydrogen) atoms. The summed E-state index contributed by atoms with van der Waals surface area (Å²) in [5.41, 5.74) is 8.11. The summed E-state index contributed by atoms with van der Waals surface area (Å²) in [6.07, 6.45) is -0.987. The van der Waals surface area contributed by atoms with E-state index in [1.165, 1.54) is 16.2 Å². The van der Waals surface area contributed by atoms with Gasteiger partial charge < -0.3 is 21.1 Å². The largest absolute Gasteiger partial charge is 0.368 e. The molecule has 1 saturated heterocycles. The fourth-order valence-electron chi connectivity index (χ4n) is 3.69. The Bertz CT molecular complexity index is 953. The van der Waals surface area contributed by atoms with Gasteiger partial charge in [0.25, 0.3) is 11.8 Å². The summed E-state index contributed by atoms with van der Waals surface area (Å²) in [5, 5.41) is 12.8. The number of aromatic nitrogens is 1. The molecule has 0 aromatic carbocycles. The number of hydrogen-bond donors (Lipinski definition) is 3. The average molecular weight is 417 g/mol. The predicted molar refractivity (Wildman–Crippen MR) is 111 cm³/mol. The molecule has 0 spiro atoms. The van der Waals surface area contributed by atoms with Crippen molar-refractivity contribution in [2.75, 3.05) is 43.4 Å². The van der Waals surface area contributed by atoms with Crippen molar-refractivity contribution in [3.8, 4) is 0 Å². The van der Waals surface area contributed by atoms with E-state index in [-0.39, 0.29) is 11.6 Å². The number of aryl methyl sites for hydroxylation is 1. The molecule has 1 unspecified atom stereocenters. The van der Waals surface area contributed by atoms with Crippen LogP contribution in [0.3, 0.4) is 0 Å². The molecular formula is C19H24N6O3S. The van der Waals surface area contributed by atoms with Crippen LogP contribution in [0.4, 0.5) is 11.4 Å². The number of carbonyl (C=O) groups excluding carboxylic acids is 2. The molecule has 2 aromatic rings. The summed E-state index contributed by atoms with van der Waals surface area (Å²) in [7, 11) is 1.58. The van der Waals surface area contributed by atoms with Gasteiger partial charge in [0, 0.05) is 44.6 Å². The molecule has 1 fully saturated rings. The number of fused-ring (bicyclic) bond motifs is 1. The van der Waals surface area contributed by atoms with Gasteiger partial charge in [-0.1, -0.05) is 0 Å². The summed E-state index contributed by atoms with van der Waals surface area (Å²) in [5.74, 6) is -0.676. The highest BCUT2D eigenvalue weighted by molar-refractivity contribution is 7.14. The number of nitrogens with zero attached hydrogens (tertiary/aromatic N) is 4. The molecule has 2 aromatic heterocycles. The highest BCUT2D eigenvalue weighted by Gasteiger charge is 2.30. The molecule has 0 bridgehead atoms. The van der Waals surface area contributed by atoms with Crippen molar-refractivity contribution in [3.05, 3.63) is 39.3 Å². The van der Waals surface area contributed by atoms with Crippen LogP contribution in [0, 0.1) is 6.92 Å². The minimum atomic E-state index is -0.987. The maximum atomic E-state index is 12.3. The number of piperazine rings is 1. The Morgan fingerprint density at radius 2 is 2.07 bits per heavy atom. The molecule has 2 aliphatic heterocycles. The molecule has 9 nitrogen and oxygen atoms in total. The fourth-order valence-corrected chi connectivity index (χ4v) is 4.83. The number of aliphatic hydroxyl groups is 1. The molecule has 2 amide bonds. The predicted octanol–water partition coefficient (Wildman–Crippen LogP) is 0.646. The number of pyridine rings is 1.